The van der Waals surface area contributed by atoms with Gasteiger partial charge in [0.15, 0.2) is 5.82 Å². The van der Waals surface area contributed by atoms with Crippen LogP contribution in [0, 0.1) is 6.92 Å². The van der Waals surface area contributed by atoms with E-state index < -0.39 is 0 Å². The molecule has 6 heteroatoms. The summed E-state index contributed by atoms with van der Waals surface area (Å²) < 4.78 is 5.06. The number of piperazine rings is 1. The Labute approximate surface area is 100 Å². The highest BCUT2D eigenvalue weighted by atomic mass is 16.5. The largest absolute Gasteiger partial charge is 0.462 e. The maximum absolute atomic E-state index is 11.9. The maximum Gasteiger partial charge on any atom is 0.343 e. The molecule has 2 N–H and O–H groups in total. The van der Waals surface area contributed by atoms with E-state index in [9.17, 15) is 4.79 Å². The predicted molar refractivity (Wildman–Crippen MR) is 64.4 cm³/mol. The van der Waals surface area contributed by atoms with Gasteiger partial charge in [-0.3, -0.25) is 5.10 Å². The molecule has 1 aromatic rings. The van der Waals surface area contributed by atoms with Crippen molar-refractivity contribution in [2.45, 2.75) is 13.8 Å². The van der Waals surface area contributed by atoms with Crippen molar-refractivity contribution in [3.8, 4) is 0 Å². The number of aryl methyl sites for hydroxylation is 1. The quantitative estimate of drug-likeness (QED) is 0.741. The highest BCUT2D eigenvalue weighted by Crippen LogP contribution is 2.21. The molecular formula is C11H18N4O2. The van der Waals surface area contributed by atoms with Crippen molar-refractivity contribution < 1.29 is 9.53 Å². The molecule has 0 aliphatic carbocycles. The van der Waals surface area contributed by atoms with E-state index in [-0.39, 0.29) is 5.97 Å². The molecular weight excluding hydrogens is 220 g/mol. The minimum absolute atomic E-state index is 0.299. The summed E-state index contributed by atoms with van der Waals surface area (Å²) in [5.41, 5.74) is 1.32. The van der Waals surface area contributed by atoms with Crippen molar-refractivity contribution in [3.63, 3.8) is 0 Å². The molecule has 1 saturated heterocycles. The molecule has 1 aliphatic rings. The van der Waals surface area contributed by atoms with Crippen LogP contribution < -0.4 is 10.2 Å². The molecule has 0 saturated carbocycles. The molecule has 0 amide bonds. The van der Waals surface area contributed by atoms with Crippen LogP contribution >= 0.6 is 0 Å². The van der Waals surface area contributed by atoms with Gasteiger partial charge in [0.1, 0.15) is 5.56 Å². The molecule has 1 fully saturated rings. The van der Waals surface area contributed by atoms with Crippen LogP contribution in [-0.4, -0.2) is 49.0 Å². The summed E-state index contributed by atoms with van der Waals surface area (Å²) in [5.74, 6) is 0.412. The van der Waals surface area contributed by atoms with Gasteiger partial charge in [0.2, 0.25) is 0 Å². The molecule has 0 aromatic carbocycles. The zero-order chi connectivity index (χ0) is 12.3. The molecule has 1 aliphatic heterocycles. The second-order valence-electron chi connectivity index (χ2n) is 4.00. The third kappa shape index (κ3) is 2.41. The minimum atomic E-state index is -0.299. The summed E-state index contributed by atoms with van der Waals surface area (Å²) >= 11 is 0. The van der Waals surface area contributed by atoms with Gasteiger partial charge in [0.25, 0.3) is 0 Å². The van der Waals surface area contributed by atoms with Gasteiger partial charge in [-0.2, -0.15) is 5.10 Å². The molecule has 0 spiro atoms. The first-order chi connectivity index (χ1) is 8.24. The fourth-order valence-corrected chi connectivity index (χ4v) is 1.97. The lowest BCUT2D eigenvalue weighted by Crippen LogP contribution is -2.44. The molecule has 1 aromatic heterocycles. The number of hydrogen-bond donors (Lipinski definition) is 2. The molecule has 94 valence electrons. The third-order valence-electron chi connectivity index (χ3n) is 2.82. The average Bonchev–Trinajstić information content (AvgIpc) is 2.73. The number of esters is 1. The average molecular weight is 238 g/mol. The van der Waals surface area contributed by atoms with Crippen molar-refractivity contribution in [3.05, 3.63) is 11.3 Å². The minimum Gasteiger partial charge on any atom is -0.462 e. The molecule has 6 nitrogen and oxygen atoms in total. The smallest absolute Gasteiger partial charge is 0.343 e. The molecule has 0 unspecified atom stereocenters. The number of aromatic amines is 1. The first-order valence-electron chi connectivity index (χ1n) is 5.91. The van der Waals surface area contributed by atoms with Crippen LogP contribution in [0.4, 0.5) is 5.82 Å². The molecule has 17 heavy (non-hydrogen) atoms. The van der Waals surface area contributed by atoms with Crippen LogP contribution in [0.5, 0.6) is 0 Å². The van der Waals surface area contributed by atoms with Crippen molar-refractivity contribution in [1.82, 2.24) is 15.5 Å². The van der Waals surface area contributed by atoms with Crippen LogP contribution in [-0.2, 0) is 4.74 Å². The summed E-state index contributed by atoms with van der Waals surface area (Å²) in [4.78, 5) is 14.0. The van der Waals surface area contributed by atoms with Crippen molar-refractivity contribution in [1.29, 1.82) is 0 Å². The van der Waals surface area contributed by atoms with E-state index in [0.29, 0.717) is 18.0 Å². The SMILES string of the molecule is CCOC(=O)c1c(N2CCNCC2)n[nH]c1C. The van der Waals surface area contributed by atoms with Gasteiger partial charge in [0, 0.05) is 31.9 Å². The predicted octanol–water partition coefficient (Wildman–Crippen LogP) is 0.304. The highest BCUT2D eigenvalue weighted by molar-refractivity contribution is 5.96. The number of H-pyrrole nitrogens is 1. The van der Waals surface area contributed by atoms with E-state index in [1.165, 1.54) is 0 Å². The Morgan fingerprint density at radius 3 is 2.82 bits per heavy atom. The fourth-order valence-electron chi connectivity index (χ4n) is 1.97. The first kappa shape index (κ1) is 11.9. The lowest BCUT2D eigenvalue weighted by atomic mass is 10.2. The third-order valence-corrected chi connectivity index (χ3v) is 2.82. The van der Waals surface area contributed by atoms with Crippen LogP contribution in [0.25, 0.3) is 0 Å². The Kier molecular flexibility index (Phi) is 3.63. The monoisotopic (exact) mass is 238 g/mol. The summed E-state index contributed by atoms with van der Waals surface area (Å²) in [6, 6.07) is 0. The number of rotatable bonds is 3. The lowest BCUT2D eigenvalue weighted by Gasteiger charge is -2.27. The number of nitrogens with one attached hydrogen (secondary N) is 2. The molecule has 2 heterocycles. The van der Waals surface area contributed by atoms with Crippen molar-refractivity contribution >= 4 is 11.8 Å². The van der Waals surface area contributed by atoms with Crippen LogP contribution in [0.1, 0.15) is 23.0 Å². The topological polar surface area (TPSA) is 70.2 Å². The van der Waals surface area contributed by atoms with Gasteiger partial charge in [-0.1, -0.05) is 0 Å². The van der Waals surface area contributed by atoms with E-state index >= 15 is 0 Å². The van der Waals surface area contributed by atoms with Crippen LogP contribution in [0.15, 0.2) is 0 Å². The van der Waals surface area contributed by atoms with Gasteiger partial charge in [-0.15, -0.1) is 0 Å². The zero-order valence-electron chi connectivity index (χ0n) is 10.2. The number of hydrogen-bond acceptors (Lipinski definition) is 5. The molecule has 2 rings (SSSR count). The lowest BCUT2D eigenvalue weighted by molar-refractivity contribution is 0.0526. The Hall–Kier alpha value is -1.56. The summed E-state index contributed by atoms with van der Waals surface area (Å²) in [6.07, 6.45) is 0. The molecule has 0 atom stereocenters. The van der Waals surface area contributed by atoms with Crippen molar-refractivity contribution in [2.24, 2.45) is 0 Å². The number of carbonyl (C=O) groups excluding carboxylic acids is 1. The number of ether oxygens (including phenoxy) is 1. The second kappa shape index (κ2) is 5.18. The van der Waals surface area contributed by atoms with Crippen molar-refractivity contribution in [2.75, 3.05) is 37.7 Å². The fraction of sp³-hybridized carbons (Fsp3) is 0.636. The summed E-state index contributed by atoms with van der Waals surface area (Å²) in [6.45, 7) is 7.56. The summed E-state index contributed by atoms with van der Waals surface area (Å²) in [5, 5.41) is 10.3. The normalized spacial score (nSPS) is 16.0. The Morgan fingerprint density at radius 1 is 1.47 bits per heavy atom. The number of carbonyl (C=O) groups is 1. The molecule has 0 radical (unpaired) electrons. The van der Waals surface area contributed by atoms with E-state index in [1.54, 1.807) is 6.92 Å². The number of aromatic nitrogens is 2. The molecule has 0 bridgehead atoms. The van der Waals surface area contributed by atoms with Gasteiger partial charge in [-0.25, -0.2) is 4.79 Å². The Bertz CT molecular complexity index is 396. The standard InChI is InChI=1S/C11H18N4O2/c1-3-17-11(16)9-8(2)13-14-10(9)15-6-4-12-5-7-15/h12H,3-7H2,1-2H3,(H,13,14). The van der Waals surface area contributed by atoms with Crippen LogP contribution in [0.2, 0.25) is 0 Å². The van der Waals surface area contributed by atoms with Gasteiger partial charge >= 0.3 is 5.97 Å². The Balaban J connectivity index is 2.24. The van der Waals surface area contributed by atoms with E-state index in [2.05, 4.69) is 20.4 Å². The van der Waals surface area contributed by atoms with Gasteiger partial charge < -0.3 is 15.0 Å². The van der Waals surface area contributed by atoms with E-state index in [1.807, 2.05) is 6.92 Å². The van der Waals surface area contributed by atoms with Crippen LogP contribution in [0.3, 0.4) is 0 Å². The van der Waals surface area contributed by atoms with Gasteiger partial charge in [0.05, 0.1) is 6.61 Å². The first-order valence-corrected chi connectivity index (χ1v) is 5.91. The maximum atomic E-state index is 11.9. The van der Waals surface area contributed by atoms with E-state index in [0.717, 1.165) is 31.9 Å². The highest BCUT2D eigenvalue weighted by Gasteiger charge is 2.24. The van der Waals surface area contributed by atoms with E-state index in [4.69, 9.17) is 4.74 Å². The Morgan fingerprint density at radius 2 is 2.18 bits per heavy atom. The second-order valence-corrected chi connectivity index (χ2v) is 4.00. The summed E-state index contributed by atoms with van der Waals surface area (Å²) in [7, 11) is 0. The van der Waals surface area contributed by atoms with Gasteiger partial charge in [-0.05, 0) is 13.8 Å². The zero-order valence-corrected chi connectivity index (χ0v) is 10.2. The number of anilines is 1. The number of nitrogens with zero attached hydrogens (tertiary/aromatic N) is 2.